The van der Waals surface area contributed by atoms with Gasteiger partial charge >= 0.3 is 0 Å². The molecule has 1 fully saturated rings. The zero-order valence-electron chi connectivity index (χ0n) is 12.9. The van der Waals surface area contributed by atoms with Gasteiger partial charge in [0.1, 0.15) is 0 Å². The summed E-state index contributed by atoms with van der Waals surface area (Å²) in [5.41, 5.74) is 0.336. The van der Waals surface area contributed by atoms with Crippen molar-refractivity contribution in [2.75, 3.05) is 33.3 Å². The van der Waals surface area contributed by atoms with Crippen LogP contribution in [0.4, 0.5) is 0 Å². The lowest BCUT2D eigenvalue weighted by Crippen LogP contribution is -2.43. The second-order valence-electron chi connectivity index (χ2n) is 7.22. The van der Waals surface area contributed by atoms with Crippen molar-refractivity contribution >= 4 is 0 Å². The van der Waals surface area contributed by atoms with Crippen LogP contribution in [-0.2, 0) is 0 Å². The standard InChI is InChI=1S/C15H32N2O/c1-14(2,3)13-7-10-17(11-13)9-6-8-15(4,12-18)16-5/h13,16,18H,6-12H2,1-5H3. The number of aliphatic hydroxyl groups excluding tert-OH is 1. The number of hydrogen-bond acceptors (Lipinski definition) is 3. The number of rotatable bonds is 6. The van der Waals surface area contributed by atoms with Gasteiger partial charge in [0.25, 0.3) is 0 Å². The van der Waals surface area contributed by atoms with E-state index in [9.17, 15) is 5.11 Å². The zero-order chi connectivity index (χ0) is 13.8. The fourth-order valence-corrected chi connectivity index (χ4v) is 2.72. The maximum atomic E-state index is 9.35. The minimum atomic E-state index is -0.108. The van der Waals surface area contributed by atoms with E-state index in [-0.39, 0.29) is 12.1 Å². The van der Waals surface area contributed by atoms with E-state index in [1.165, 1.54) is 26.1 Å². The maximum absolute atomic E-state index is 9.35. The minimum Gasteiger partial charge on any atom is -0.394 e. The molecule has 0 bridgehead atoms. The molecule has 0 saturated carbocycles. The van der Waals surface area contributed by atoms with Crippen LogP contribution >= 0.6 is 0 Å². The summed E-state index contributed by atoms with van der Waals surface area (Å²) >= 11 is 0. The molecule has 1 heterocycles. The predicted octanol–water partition coefficient (Wildman–Crippen LogP) is 2.10. The van der Waals surface area contributed by atoms with E-state index in [0.717, 1.165) is 18.8 Å². The second kappa shape index (κ2) is 6.36. The van der Waals surface area contributed by atoms with E-state index in [4.69, 9.17) is 0 Å². The number of nitrogens with one attached hydrogen (secondary N) is 1. The quantitative estimate of drug-likeness (QED) is 0.764. The van der Waals surface area contributed by atoms with Gasteiger partial charge in [-0.25, -0.2) is 0 Å². The summed E-state index contributed by atoms with van der Waals surface area (Å²) in [6.45, 7) is 13.0. The topological polar surface area (TPSA) is 35.5 Å². The van der Waals surface area contributed by atoms with Crippen LogP contribution in [0.5, 0.6) is 0 Å². The highest BCUT2D eigenvalue weighted by molar-refractivity contribution is 4.85. The molecule has 0 radical (unpaired) electrons. The van der Waals surface area contributed by atoms with E-state index < -0.39 is 0 Å². The van der Waals surface area contributed by atoms with Gasteiger partial charge in [-0.05, 0) is 57.7 Å². The Hall–Kier alpha value is -0.120. The fraction of sp³-hybridized carbons (Fsp3) is 1.00. The van der Waals surface area contributed by atoms with Crippen LogP contribution in [0, 0.1) is 11.3 Å². The first-order valence-electron chi connectivity index (χ1n) is 7.33. The zero-order valence-corrected chi connectivity index (χ0v) is 12.9. The average molecular weight is 256 g/mol. The third kappa shape index (κ3) is 4.52. The SMILES string of the molecule is CNC(C)(CO)CCCN1CCC(C(C)(C)C)C1. The van der Waals surface area contributed by atoms with Crippen LogP contribution in [0.25, 0.3) is 0 Å². The van der Waals surface area contributed by atoms with Crippen molar-refractivity contribution in [3.05, 3.63) is 0 Å². The van der Waals surface area contributed by atoms with E-state index in [1.54, 1.807) is 0 Å². The maximum Gasteiger partial charge on any atom is 0.0610 e. The monoisotopic (exact) mass is 256 g/mol. The molecular formula is C15H32N2O. The lowest BCUT2D eigenvalue weighted by atomic mass is 9.80. The number of nitrogens with zero attached hydrogens (tertiary/aromatic N) is 1. The molecule has 3 heteroatoms. The normalized spacial score (nSPS) is 25.3. The number of hydrogen-bond donors (Lipinski definition) is 2. The highest BCUT2D eigenvalue weighted by Gasteiger charge is 2.31. The van der Waals surface area contributed by atoms with Gasteiger partial charge in [-0.1, -0.05) is 20.8 Å². The molecule has 0 aromatic heterocycles. The molecule has 1 saturated heterocycles. The van der Waals surface area contributed by atoms with E-state index in [2.05, 4.69) is 37.9 Å². The van der Waals surface area contributed by atoms with Crippen molar-refractivity contribution in [3.8, 4) is 0 Å². The lowest BCUT2D eigenvalue weighted by molar-refractivity contribution is 0.164. The molecule has 2 atom stereocenters. The smallest absolute Gasteiger partial charge is 0.0610 e. The summed E-state index contributed by atoms with van der Waals surface area (Å²) in [5, 5.41) is 12.6. The van der Waals surface area contributed by atoms with Gasteiger partial charge in [0.15, 0.2) is 0 Å². The van der Waals surface area contributed by atoms with E-state index >= 15 is 0 Å². The second-order valence-corrected chi connectivity index (χ2v) is 7.22. The molecular weight excluding hydrogens is 224 g/mol. The largest absolute Gasteiger partial charge is 0.394 e. The Balaban J connectivity index is 2.26. The summed E-state index contributed by atoms with van der Waals surface area (Å²) in [6.07, 6.45) is 3.54. The molecule has 2 N–H and O–H groups in total. The van der Waals surface area contributed by atoms with Crippen molar-refractivity contribution in [3.63, 3.8) is 0 Å². The molecule has 2 unspecified atom stereocenters. The Morgan fingerprint density at radius 1 is 1.28 bits per heavy atom. The van der Waals surface area contributed by atoms with Crippen LogP contribution in [0.1, 0.15) is 47.0 Å². The summed E-state index contributed by atoms with van der Waals surface area (Å²) in [4.78, 5) is 2.59. The van der Waals surface area contributed by atoms with E-state index in [0.29, 0.717) is 5.41 Å². The van der Waals surface area contributed by atoms with Crippen LogP contribution in [0.2, 0.25) is 0 Å². The van der Waals surface area contributed by atoms with Crippen molar-refractivity contribution in [1.29, 1.82) is 0 Å². The summed E-state index contributed by atoms with van der Waals surface area (Å²) < 4.78 is 0. The van der Waals surface area contributed by atoms with Gasteiger partial charge in [-0.15, -0.1) is 0 Å². The van der Waals surface area contributed by atoms with Crippen molar-refractivity contribution < 1.29 is 5.11 Å². The first kappa shape index (κ1) is 15.9. The van der Waals surface area contributed by atoms with Crippen LogP contribution in [-0.4, -0.2) is 48.8 Å². The Bertz CT molecular complexity index is 243. The molecule has 1 rings (SSSR count). The fourth-order valence-electron chi connectivity index (χ4n) is 2.72. The Kier molecular flexibility index (Phi) is 5.63. The molecule has 18 heavy (non-hydrogen) atoms. The van der Waals surface area contributed by atoms with Crippen molar-refractivity contribution in [2.24, 2.45) is 11.3 Å². The van der Waals surface area contributed by atoms with Crippen LogP contribution in [0.15, 0.2) is 0 Å². The van der Waals surface area contributed by atoms with Gasteiger partial charge in [0, 0.05) is 12.1 Å². The summed E-state index contributed by atoms with van der Waals surface area (Å²) in [6, 6.07) is 0. The molecule has 0 aromatic carbocycles. The first-order valence-corrected chi connectivity index (χ1v) is 7.33. The minimum absolute atomic E-state index is 0.108. The van der Waals surface area contributed by atoms with Crippen LogP contribution in [0.3, 0.4) is 0 Å². The number of likely N-dealkylation sites (N-methyl/N-ethyl adjacent to an activating group) is 1. The average Bonchev–Trinajstić information content (AvgIpc) is 2.77. The molecule has 108 valence electrons. The first-order chi connectivity index (χ1) is 8.30. The molecule has 3 nitrogen and oxygen atoms in total. The molecule has 0 amide bonds. The molecule has 0 aliphatic carbocycles. The van der Waals surface area contributed by atoms with Gasteiger partial charge in [0.05, 0.1) is 6.61 Å². The van der Waals surface area contributed by atoms with Gasteiger partial charge in [-0.3, -0.25) is 0 Å². The highest BCUT2D eigenvalue weighted by Crippen LogP contribution is 2.33. The van der Waals surface area contributed by atoms with E-state index in [1.807, 2.05) is 7.05 Å². The van der Waals surface area contributed by atoms with Gasteiger partial charge in [-0.2, -0.15) is 0 Å². The number of aliphatic hydroxyl groups is 1. The lowest BCUT2D eigenvalue weighted by Gasteiger charge is -2.29. The summed E-state index contributed by atoms with van der Waals surface area (Å²) in [5.74, 6) is 0.839. The number of likely N-dealkylation sites (tertiary alicyclic amines) is 1. The highest BCUT2D eigenvalue weighted by atomic mass is 16.3. The predicted molar refractivity (Wildman–Crippen MR) is 77.8 cm³/mol. The van der Waals surface area contributed by atoms with Gasteiger partial charge in [0.2, 0.25) is 0 Å². The van der Waals surface area contributed by atoms with Crippen LogP contribution < -0.4 is 5.32 Å². The molecule has 0 spiro atoms. The Morgan fingerprint density at radius 3 is 2.39 bits per heavy atom. The molecule has 0 aromatic rings. The van der Waals surface area contributed by atoms with Crippen molar-refractivity contribution in [2.45, 2.75) is 52.5 Å². The molecule has 1 aliphatic rings. The third-order valence-corrected chi connectivity index (χ3v) is 4.65. The Labute approximate surface area is 113 Å². The third-order valence-electron chi connectivity index (χ3n) is 4.65. The Morgan fingerprint density at radius 2 is 1.94 bits per heavy atom. The molecule has 1 aliphatic heterocycles. The van der Waals surface area contributed by atoms with Gasteiger partial charge < -0.3 is 15.3 Å². The van der Waals surface area contributed by atoms with Crippen molar-refractivity contribution in [1.82, 2.24) is 10.2 Å². The summed E-state index contributed by atoms with van der Waals surface area (Å²) in [7, 11) is 1.93.